The first kappa shape index (κ1) is 10.7. The maximum atomic E-state index is 5.13. The minimum atomic E-state index is 0.155. The van der Waals surface area contributed by atoms with E-state index < -0.39 is 0 Å². The number of hydrogen-bond donors (Lipinski definition) is 0. The molecule has 0 aliphatic carbocycles. The van der Waals surface area contributed by atoms with Gasteiger partial charge in [0.1, 0.15) is 5.69 Å². The summed E-state index contributed by atoms with van der Waals surface area (Å²) in [4.78, 5) is 0. The molecule has 1 aromatic carbocycles. The first-order valence-electron chi connectivity index (χ1n) is 4.95. The molecule has 0 fully saturated rings. The molecular formula is C12H13NO3. The second kappa shape index (κ2) is 4.81. The highest BCUT2D eigenvalue weighted by Gasteiger charge is 2.06. The molecule has 0 saturated carbocycles. The van der Waals surface area contributed by atoms with Crippen LogP contribution in [0.25, 0.3) is 11.3 Å². The van der Waals surface area contributed by atoms with E-state index in [1.165, 1.54) is 5.56 Å². The van der Waals surface area contributed by atoms with Gasteiger partial charge < -0.3 is 14.0 Å². The Hall–Kier alpha value is -1.81. The number of hydrogen-bond acceptors (Lipinski definition) is 4. The lowest BCUT2D eigenvalue weighted by Gasteiger charge is -1.96. The van der Waals surface area contributed by atoms with Crippen molar-refractivity contribution < 1.29 is 14.0 Å². The van der Waals surface area contributed by atoms with Crippen molar-refractivity contribution in [3.63, 3.8) is 0 Å². The van der Waals surface area contributed by atoms with Gasteiger partial charge in [0.15, 0.2) is 6.79 Å². The molecule has 0 unspecified atom stereocenters. The summed E-state index contributed by atoms with van der Waals surface area (Å²) < 4.78 is 14.9. The van der Waals surface area contributed by atoms with Gasteiger partial charge in [0.05, 0.1) is 6.07 Å². The van der Waals surface area contributed by atoms with Gasteiger partial charge in [-0.2, -0.15) is 0 Å². The van der Waals surface area contributed by atoms with Crippen molar-refractivity contribution in [1.29, 1.82) is 0 Å². The van der Waals surface area contributed by atoms with Crippen LogP contribution in [0.3, 0.4) is 0 Å². The molecule has 84 valence electrons. The Kier molecular flexibility index (Phi) is 3.22. The molecule has 2 rings (SSSR count). The number of methoxy groups -OCH3 is 1. The van der Waals surface area contributed by atoms with E-state index in [1.807, 2.05) is 31.2 Å². The molecule has 1 heterocycles. The predicted molar refractivity (Wildman–Crippen MR) is 59.2 cm³/mol. The Morgan fingerprint density at radius 1 is 1.25 bits per heavy atom. The molecule has 0 aliphatic rings. The van der Waals surface area contributed by atoms with Gasteiger partial charge in [0.25, 0.3) is 0 Å². The number of benzene rings is 1. The van der Waals surface area contributed by atoms with Crippen molar-refractivity contribution >= 4 is 0 Å². The summed E-state index contributed by atoms with van der Waals surface area (Å²) in [7, 11) is 1.55. The van der Waals surface area contributed by atoms with E-state index in [0.29, 0.717) is 5.95 Å². The zero-order valence-corrected chi connectivity index (χ0v) is 9.27. The van der Waals surface area contributed by atoms with E-state index in [4.69, 9.17) is 14.0 Å². The summed E-state index contributed by atoms with van der Waals surface area (Å²) in [5.74, 6) is 0.359. The molecule has 16 heavy (non-hydrogen) atoms. The second-order valence-corrected chi connectivity index (χ2v) is 3.45. The van der Waals surface area contributed by atoms with Gasteiger partial charge in [-0.05, 0) is 6.92 Å². The molecule has 2 aromatic rings. The zero-order chi connectivity index (χ0) is 11.4. The summed E-state index contributed by atoms with van der Waals surface area (Å²) in [6.07, 6.45) is 0. The highest BCUT2D eigenvalue weighted by atomic mass is 16.7. The molecule has 0 spiro atoms. The minimum Gasteiger partial charge on any atom is -0.437 e. The summed E-state index contributed by atoms with van der Waals surface area (Å²) in [6, 6.07) is 9.78. The van der Waals surface area contributed by atoms with Crippen LogP contribution >= 0.6 is 0 Å². The van der Waals surface area contributed by atoms with E-state index in [-0.39, 0.29) is 6.79 Å². The van der Waals surface area contributed by atoms with Crippen LogP contribution in [0.2, 0.25) is 0 Å². The fourth-order valence-corrected chi connectivity index (χ4v) is 1.30. The fraction of sp³-hybridized carbons (Fsp3) is 0.250. The lowest BCUT2D eigenvalue weighted by atomic mass is 10.1. The van der Waals surface area contributed by atoms with Gasteiger partial charge in [-0.25, -0.2) is 0 Å². The highest BCUT2D eigenvalue weighted by molar-refractivity contribution is 5.59. The number of aromatic nitrogens is 1. The van der Waals surface area contributed by atoms with Crippen LogP contribution in [-0.4, -0.2) is 19.1 Å². The average Bonchev–Trinajstić information content (AvgIpc) is 2.76. The minimum absolute atomic E-state index is 0.155. The van der Waals surface area contributed by atoms with Crippen LogP contribution in [0.1, 0.15) is 5.56 Å². The number of rotatable bonds is 4. The lowest BCUT2D eigenvalue weighted by molar-refractivity contribution is 0.0297. The molecule has 0 amide bonds. The van der Waals surface area contributed by atoms with Crippen molar-refractivity contribution in [3.05, 3.63) is 35.9 Å². The SMILES string of the molecule is COCOc1cc(-c2ccc(C)cc2)no1. The summed E-state index contributed by atoms with van der Waals surface area (Å²) >= 11 is 0. The Balaban J connectivity index is 2.15. The van der Waals surface area contributed by atoms with Gasteiger partial charge in [-0.1, -0.05) is 35.0 Å². The molecule has 0 aliphatic heterocycles. The van der Waals surface area contributed by atoms with Crippen molar-refractivity contribution in [2.75, 3.05) is 13.9 Å². The van der Waals surface area contributed by atoms with Crippen LogP contribution in [0.5, 0.6) is 5.95 Å². The summed E-state index contributed by atoms with van der Waals surface area (Å²) in [5, 5.41) is 3.91. The van der Waals surface area contributed by atoms with Gasteiger partial charge >= 0.3 is 5.95 Å². The molecular weight excluding hydrogens is 206 g/mol. The van der Waals surface area contributed by atoms with Crippen molar-refractivity contribution in [1.82, 2.24) is 5.16 Å². The maximum absolute atomic E-state index is 5.13. The molecule has 1 aromatic heterocycles. The molecule has 0 bridgehead atoms. The first-order valence-corrected chi connectivity index (χ1v) is 4.95. The normalized spacial score (nSPS) is 10.4. The van der Waals surface area contributed by atoms with Crippen LogP contribution in [-0.2, 0) is 4.74 Å². The van der Waals surface area contributed by atoms with Crippen LogP contribution in [0.4, 0.5) is 0 Å². The topological polar surface area (TPSA) is 44.5 Å². The second-order valence-electron chi connectivity index (χ2n) is 3.45. The molecule has 0 N–H and O–H groups in total. The number of nitrogens with zero attached hydrogens (tertiary/aromatic N) is 1. The Morgan fingerprint density at radius 2 is 2.00 bits per heavy atom. The third kappa shape index (κ3) is 2.41. The number of aryl methyl sites for hydroxylation is 1. The van der Waals surface area contributed by atoms with Gasteiger partial charge in [-0.3, -0.25) is 0 Å². The van der Waals surface area contributed by atoms with Crippen LogP contribution in [0, 0.1) is 6.92 Å². The van der Waals surface area contributed by atoms with Crippen molar-refractivity contribution in [2.24, 2.45) is 0 Å². The quantitative estimate of drug-likeness (QED) is 0.741. The first-order chi connectivity index (χ1) is 7.79. The monoisotopic (exact) mass is 219 g/mol. The molecule has 4 nitrogen and oxygen atoms in total. The van der Waals surface area contributed by atoms with E-state index in [2.05, 4.69) is 5.16 Å². The standard InChI is InChI=1S/C12H13NO3/c1-9-3-5-10(6-4-9)11-7-12(16-13-11)15-8-14-2/h3-7H,8H2,1-2H3. The third-order valence-corrected chi connectivity index (χ3v) is 2.15. The number of ether oxygens (including phenoxy) is 2. The average molecular weight is 219 g/mol. The molecule has 0 atom stereocenters. The van der Waals surface area contributed by atoms with E-state index in [9.17, 15) is 0 Å². The van der Waals surface area contributed by atoms with Gasteiger partial charge in [-0.15, -0.1) is 0 Å². The lowest BCUT2D eigenvalue weighted by Crippen LogP contribution is -1.97. The predicted octanol–water partition coefficient (Wildman–Crippen LogP) is 2.63. The van der Waals surface area contributed by atoms with E-state index >= 15 is 0 Å². The van der Waals surface area contributed by atoms with Crippen LogP contribution < -0.4 is 4.74 Å². The summed E-state index contributed by atoms with van der Waals surface area (Å²) in [6.45, 7) is 2.20. The Morgan fingerprint density at radius 3 is 2.69 bits per heavy atom. The zero-order valence-electron chi connectivity index (χ0n) is 9.27. The maximum Gasteiger partial charge on any atom is 0.313 e. The molecule has 0 radical (unpaired) electrons. The largest absolute Gasteiger partial charge is 0.437 e. The van der Waals surface area contributed by atoms with Gasteiger partial charge in [0.2, 0.25) is 0 Å². The van der Waals surface area contributed by atoms with Crippen molar-refractivity contribution in [2.45, 2.75) is 6.92 Å². The summed E-state index contributed by atoms with van der Waals surface area (Å²) in [5.41, 5.74) is 2.97. The Labute approximate surface area is 93.8 Å². The van der Waals surface area contributed by atoms with E-state index in [0.717, 1.165) is 11.3 Å². The van der Waals surface area contributed by atoms with Gasteiger partial charge in [0, 0.05) is 12.7 Å². The highest BCUT2D eigenvalue weighted by Crippen LogP contribution is 2.23. The van der Waals surface area contributed by atoms with Crippen molar-refractivity contribution in [3.8, 4) is 17.2 Å². The molecule has 4 heteroatoms. The molecule has 0 saturated heterocycles. The Bertz CT molecular complexity index is 448. The third-order valence-electron chi connectivity index (χ3n) is 2.15. The smallest absolute Gasteiger partial charge is 0.313 e. The van der Waals surface area contributed by atoms with E-state index in [1.54, 1.807) is 13.2 Å². The fourth-order valence-electron chi connectivity index (χ4n) is 1.30. The van der Waals surface area contributed by atoms with Crippen LogP contribution in [0.15, 0.2) is 34.9 Å².